The fraction of sp³-hybridized carbons (Fsp3) is 0.143. The molecule has 0 aliphatic heterocycles. The van der Waals surface area contributed by atoms with Crippen molar-refractivity contribution in [1.82, 2.24) is 9.88 Å². The van der Waals surface area contributed by atoms with Gasteiger partial charge in [0.1, 0.15) is 10.7 Å². The van der Waals surface area contributed by atoms with Gasteiger partial charge in [-0.25, -0.2) is 4.98 Å². The van der Waals surface area contributed by atoms with Crippen LogP contribution < -0.4 is 0 Å². The highest BCUT2D eigenvalue weighted by Crippen LogP contribution is 2.27. The summed E-state index contributed by atoms with van der Waals surface area (Å²) in [4.78, 5) is 19.5. The highest BCUT2D eigenvalue weighted by molar-refractivity contribution is 7.16. The van der Waals surface area contributed by atoms with Crippen LogP contribution in [0.1, 0.15) is 15.4 Å². The molecule has 3 heterocycles. The van der Waals surface area contributed by atoms with Crippen molar-refractivity contribution in [2.75, 3.05) is 7.05 Å². The molecule has 1 amide bonds. The van der Waals surface area contributed by atoms with E-state index in [0.29, 0.717) is 12.2 Å². The SMILES string of the molecule is CN(Cc1ccc(Cl)s1)C(=O)c1csc(-c2ccsc2)n1. The van der Waals surface area contributed by atoms with E-state index in [-0.39, 0.29) is 5.91 Å². The van der Waals surface area contributed by atoms with Gasteiger partial charge in [0.2, 0.25) is 0 Å². The van der Waals surface area contributed by atoms with Crippen LogP contribution in [0.15, 0.2) is 34.3 Å². The third kappa shape index (κ3) is 3.35. The first-order valence-electron chi connectivity index (χ1n) is 6.11. The predicted octanol–water partition coefficient (Wildman–Crippen LogP) is 4.86. The van der Waals surface area contributed by atoms with Gasteiger partial charge in [-0.05, 0) is 23.6 Å². The third-order valence-electron chi connectivity index (χ3n) is 2.86. The van der Waals surface area contributed by atoms with Crippen molar-refractivity contribution < 1.29 is 4.79 Å². The number of carbonyl (C=O) groups excluding carboxylic acids is 1. The Labute approximate surface area is 139 Å². The molecule has 0 saturated carbocycles. The maximum atomic E-state index is 12.4. The van der Waals surface area contributed by atoms with Gasteiger partial charge < -0.3 is 4.90 Å². The van der Waals surface area contributed by atoms with Crippen LogP contribution in [0.25, 0.3) is 10.6 Å². The molecule has 0 N–H and O–H groups in total. The molecule has 3 aromatic heterocycles. The summed E-state index contributed by atoms with van der Waals surface area (Å²) in [6.07, 6.45) is 0. The van der Waals surface area contributed by atoms with Crippen LogP contribution in [0.5, 0.6) is 0 Å². The van der Waals surface area contributed by atoms with Gasteiger partial charge in [-0.3, -0.25) is 4.79 Å². The summed E-state index contributed by atoms with van der Waals surface area (Å²) in [5.74, 6) is -0.0720. The van der Waals surface area contributed by atoms with E-state index in [4.69, 9.17) is 11.6 Å². The molecule has 21 heavy (non-hydrogen) atoms. The van der Waals surface area contributed by atoms with Gasteiger partial charge in [-0.1, -0.05) is 11.6 Å². The summed E-state index contributed by atoms with van der Waals surface area (Å²) in [6, 6.07) is 5.79. The lowest BCUT2D eigenvalue weighted by molar-refractivity contribution is 0.0781. The molecule has 0 spiro atoms. The summed E-state index contributed by atoms with van der Waals surface area (Å²) in [5.41, 5.74) is 1.56. The lowest BCUT2D eigenvalue weighted by atomic mass is 10.3. The van der Waals surface area contributed by atoms with E-state index in [0.717, 1.165) is 19.8 Å². The Bertz CT molecular complexity index is 748. The average molecular weight is 355 g/mol. The quantitative estimate of drug-likeness (QED) is 0.670. The molecule has 0 bridgehead atoms. The molecule has 3 aromatic rings. The van der Waals surface area contributed by atoms with Gasteiger partial charge in [-0.15, -0.1) is 22.7 Å². The van der Waals surface area contributed by atoms with Crippen LogP contribution in [-0.2, 0) is 6.54 Å². The molecule has 3 rings (SSSR count). The monoisotopic (exact) mass is 354 g/mol. The van der Waals surface area contributed by atoms with E-state index in [2.05, 4.69) is 4.98 Å². The van der Waals surface area contributed by atoms with Crippen molar-refractivity contribution in [3.8, 4) is 10.6 Å². The van der Waals surface area contributed by atoms with E-state index < -0.39 is 0 Å². The van der Waals surface area contributed by atoms with Crippen molar-refractivity contribution in [3.63, 3.8) is 0 Å². The van der Waals surface area contributed by atoms with Crippen molar-refractivity contribution in [3.05, 3.63) is 49.2 Å². The molecular formula is C14H11ClN2OS3. The summed E-state index contributed by atoms with van der Waals surface area (Å²) in [6.45, 7) is 0.543. The minimum atomic E-state index is -0.0720. The number of thiazole rings is 1. The lowest BCUT2D eigenvalue weighted by Crippen LogP contribution is -2.26. The van der Waals surface area contributed by atoms with Gasteiger partial charge in [-0.2, -0.15) is 11.3 Å². The second-order valence-electron chi connectivity index (χ2n) is 4.42. The Morgan fingerprint density at radius 3 is 2.86 bits per heavy atom. The number of thiophene rings is 2. The largest absolute Gasteiger partial charge is 0.335 e. The molecule has 0 saturated heterocycles. The predicted molar refractivity (Wildman–Crippen MR) is 90.6 cm³/mol. The van der Waals surface area contributed by atoms with Crippen LogP contribution in [-0.4, -0.2) is 22.8 Å². The van der Waals surface area contributed by atoms with Crippen molar-refractivity contribution >= 4 is 51.5 Å². The number of amides is 1. The number of carbonyl (C=O) groups is 1. The fourth-order valence-corrected chi connectivity index (χ4v) is 4.48. The summed E-state index contributed by atoms with van der Waals surface area (Å²) in [5, 5.41) is 6.73. The van der Waals surface area contributed by atoms with Gasteiger partial charge in [0, 0.05) is 28.2 Å². The number of aromatic nitrogens is 1. The molecule has 3 nitrogen and oxygen atoms in total. The van der Waals surface area contributed by atoms with E-state index in [1.807, 2.05) is 34.3 Å². The number of hydrogen-bond donors (Lipinski definition) is 0. The van der Waals surface area contributed by atoms with Gasteiger partial charge in [0.05, 0.1) is 10.9 Å². The van der Waals surface area contributed by atoms with Gasteiger partial charge in [0.15, 0.2) is 0 Å². The average Bonchev–Trinajstić information content (AvgIpc) is 3.18. The summed E-state index contributed by atoms with van der Waals surface area (Å²) >= 11 is 10.5. The Kier molecular flexibility index (Phi) is 4.40. The Morgan fingerprint density at radius 2 is 2.19 bits per heavy atom. The minimum absolute atomic E-state index is 0.0720. The summed E-state index contributed by atoms with van der Waals surface area (Å²) in [7, 11) is 1.78. The molecular weight excluding hydrogens is 344 g/mol. The summed E-state index contributed by atoms with van der Waals surface area (Å²) < 4.78 is 0.735. The molecule has 0 radical (unpaired) electrons. The van der Waals surface area contributed by atoms with Crippen molar-refractivity contribution in [2.24, 2.45) is 0 Å². The number of hydrogen-bond acceptors (Lipinski definition) is 5. The normalized spacial score (nSPS) is 10.8. The van der Waals surface area contributed by atoms with Crippen LogP contribution in [0.2, 0.25) is 4.34 Å². The lowest BCUT2D eigenvalue weighted by Gasteiger charge is -2.14. The molecule has 0 aromatic carbocycles. The highest BCUT2D eigenvalue weighted by Gasteiger charge is 2.17. The first-order chi connectivity index (χ1) is 10.1. The molecule has 0 aliphatic carbocycles. The second kappa shape index (κ2) is 6.27. The van der Waals surface area contributed by atoms with Crippen molar-refractivity contribution in [1.29, 1.82) is 0 Å². The molecule has 0 unspecified atom stereocenters. The molecule has 0 fully saturated rings. The van der Waals surface area contributed by atoms with Crippen molar-refractivity contribution in [2.45, 2.75) is 6.54 Å². The topological polar surface area (TPSA) is 33.2 Å². The van der Waals surface area contributed by atoms with Gasteiger partial charge in [0.25, 0.3) is 5.91 Å². The minimum Gasteiger partial charge on any atom is -0.335 e. The molecule has 108 valence electrons. The first kappa shape index (κ1) is 14.7. The maximum absolute atomic E-state index is 12.4. The fourth-order valence-electron chi connectivity index (χ4n) is 1.83. The first-order valence-corrected chi connectivity index (χ1v) is 9.13. The van der Waals surface area contributed by atoms with Crippen LogP contribution in [0.4, 0.5) is 0 Å². The molecule has 0 aliphatic rings. The smallest absolute Gasteiger partial charge is 0.273 e. The third-order valence-corrected chi connectivity index (χ3v) is 5.65. The zero-order valence-electron chi connectivity index (χ0n) is 11.1. The van der Waals surface area contributed by atoms with Gasteiger partial charge >= 0.3 is 0 Å². The maximum Gasteiger partial charge on any atom is 0.273 e. The van der Waals surface area contributed by atoms with E-state index in [9.17, 15) is 4.79 Å². The van der Waals surface area contributed by atoms with E-state index in [1.54, 1.807) is 23.3 Å². The zero-order chi connectivity index (χ0) is 14.8. The number of rotatable bonds is 4. The second-order valence-corrected chi connectivity index (χ2v) is 7.85. The zero-order valence-corrected chi connectivity index (χ0v) is 14.3. The standard InChI is InChI=1S/C14H11ClN2OS3/c1-17(6-10-2-3-12(15)21-10)14(18)11-8-20-13(16-11)9-4-5-19-7-9/h2-5,7-8H,6H2,1H3. The van der Waals surface area contributed by atoms with Crippen LogP contribution >= 0.6 is 45.6 Å². The van der Waals surface area contributed by atoms with Crippen LogP contribution in [0.3, 0.4) is 0 Å². The Morgan fingerprint density at radius 1 is 1.33 bits per heavy atom. The number of halogens is 1. The van der Waals surface area contributed by atoms with E-state index >= 15 is 0 Å². The molecule has 0 atom stereocenters. The Balaban J connectivity index is 1.72. The van der Waals surface area contributed by atoms with Crippen LogP contribution in [0, 0.1) is 0 Å². The Hall–Kier alpha value is -1.21. The highest BCUT2D eigenvalue weighted by atomic mass is 35.5. The molecule has 7 heteroatoms. The number of nitrogens with zero attached hydrogens (tertiary/aromatic N) is 2. The van der Waals surface area contributed by atoms with E-state index in [1.165, 1.54) is 22.7 Å².